The van der Waals surface area contributed by atoms with E-state index >= 15 is 0 Å². The molecule has 3 heterocycles. The van der Waals surface area contributed by atoms with E-state index in [-0.39, 0.29) is 25.3 Å². The molecule has 0 aromatic heterocycles. The minimum absolute atomic E-state index is 0.0176. The standard InChI is InChI=1S/C29H37N5O7S/c35-25-24-16-21(41-28(38)33-15-13-19-8-5-6-10-23(19)33)18-34(24)27(37)30-14-7-3-1-2-4-9-20-17-29(20,31-25)26(36)32-42(39,40)22-11-12-22/h4-6,8-10,20-22,24H,1-3,7,11-18H2,(H,30,37)(H,31,35)(H,32,36)/b9-4-/t20-,21+,24-,29+/m0/s1. The number of amides is 5. The molecule has 0 spiro atoms. The molecule has 5 amide bonds. The third-order valence-corrected chi connectivity index (χ3v) is 10.7. The fourth-order valence-corrected chi connectivity index (χ4v) is 7.54. The number of allylic oxidation sites excluding steroid dienone is 1. The monoisotopic (exact) mass is 599 g/mol. The fraction of sp³-hybridized carbons (Fsp3) is 0.586. The molecule has 2 saturated carbocycles. The van der Waals surface area contributed by atoms with E-state index in [1.807, 2.05) is 36.4 Å². The minimum atomic E-state index is -3.82. The molecule has 13 heteroatoms. The Hall–Kier alpha value is -3.61. The van der Waals surface area contributed by atoms with Gasteiger partial charge < -0.3 is 20.3 Å². The predicted molar refractivity (Wildman–Crippen MR) is 153 cm³/mol. The van der Waals surface area contributed by atoms with Crippen molar-refractivity contribution in [1.29, 1.82) is 0 Å². The Morgan fingerprint density at radius 3 is 2.71 bits per heavy atom. The molecule has 42 heavy (non-hydrogen) atoms. The molecule has 0 radical (unpaired) electrons. The van der Waals surface area contributed by atoms with Crippen LogP contribution in [0.4, 0.5) is 15.3 Å². The summed E-state index contributed by atoms with van der Waals surface area (Å²) in [7, 11) is -3.82. The van der Waals surface area contributed by atoms with Gasteiger partial charge in [-0.3, -0.25) is 19.2 Å². The molecule has 3 aliphatic heterocycles. The number of nitrogens with one attached hydrogen (secondary N) is 3. The molecule has 1 aromatic rings. The third kappa shape index (κ3) is 5.70. The van der Waals surface area contributed by atoms with E-state index in [9.17, 15) is 27.6 Å². The van der Waals surface area contributed by atoms with Crippen LogP contribution in [0.3, 0.4) is 0 Å². The van der Waals surface area contributed by atoms with Gasteiger partial charge in [0.05, 0.1) is 17.5 Å². The Kier molecular flexibility index (Phi) is 7.62. The van der Waals surface area contributed by atoms with Gasteiger partial charge in [0.2, 0.25) is 15.9 Å². The lowest BCUT2D eigenvalue weighted by Gasteiger charge is -2.26. The first-order valence-electron chi connectivity index (χ1n) is 14.8. The average molecular weight is 600 g/mol. The number of para-hydroxylation sites is 1. The number of hydrogen-bond donors (Lipinski definition) is 3. The van der Waals surface area contributed by atoms with Gasteiger partial charge in [-0.1, -0.05) is 36.8 Å². The van der Waals surface area contributed by atoms with Crippen LogP contribution in [-0.2, 0) is 30.8 Å². The molecule has 4 atom stereocenters. The topological polar surface area (TPSA) is 154 Å². The van der Waals surface area contributed by atoms with Gasteiger partial charge in [0.1, 0.15) is 17.7 Å². The quantitative estimate of drug-likeness (QED) is 0.447. The zero-order valence-electron chi connectivity index (χ0n) is 23.4. The van der Waals surface area contributed by atoms with E-state index in [4.69, 9.17) is 4.74 Å². The van der Waals surface area contributed by atoms with Crippen molar-refractivity contribution in [3.8, 4) is 0 Å². The van der Waals surface area contributed by atoms with Crippen molar-refractivity contribution in [2.75, 3.05) is 24.5 Å². The summed E-state index contributed by atoms with van der Waals surface area (Å²) in [6, 6.07) is 6.14. The van der Waals surface area contributed by atoms with Gasteiger partial charge in [-0.15, -0.1) is 0 Å². The van der Waals surface area contributed by atoms with E-state index in [0.717, 1.165) is 36.9 Å². The van der Waals surface area contributed by atoms with E-state index in [2.05, 4.69) is 15.4 Å². The zero-order chi connectivity index (χ0) is 29.5. The molecule has 226 valence electrons. The van der Waals surface area contributed by atoms with Gasteiger partial charge in [-0.05, 0) is 56.6 Å². The molecule has 0 bridgehead atoms. The lowest BCUT2D eigenvalue weighted by molar-refractivity contribution is -0.131. The van der Waals surface area contributed by atoms with E-state index in [0.29, 0.717) is 32.4 Å². The highest BCUT2D eigenvalue weighted by molar-refractivity contribution is 7.91. The maximum atomic E-state index is 13.8. The largest absolute Gasteiger partial charge is 0.444 e. The highest BCUT2D eigenvalue weighted by Crippen LogP contribution is 2.46. The van der Waals surface area contributed by atoms with Crippen LogP contribution in [0.5, 0.6) is 0 Å². The SMILES string of the molecule is O=C1N[C@]2(C(=O)NS(=O)(=O)C3CC3)C[C@@H]2/C=C\CCCCCNC(=O)N2C[C@H](OC(=O)N3CCc4ccccc43)C[C@@H]12. The number of carbonyl (C=O) groups excluding carboxylic acids is 4. The smallest absolute Gasteiger partial charge is 0.414 e. The average Bonchev–Trinajstić information content (AvgIpc) is 3.84. The Bertz CT molecular complexity index is 1410. The highest BCUT2D eigenvalue weighted by Gasteiger charge is 2.62. The van der Waals surface area contributed by atoms with Crippen LogP contribution in [-0.4, -0.2) is 79.8 Å². The number of nitrogens with zero attached hydrogens (tertiary/aromatic N) is 2. The van der Waals surface area contributed by atoms with E-state index < -0.39 is 56.9 Å². The molecule has 3 N–H and O–H groups in total. The molecule has 0 unspecified atom stereocenters. The molecule has 6 rings (SSSR count). The Morgan fingerprint density at radius 2 is 1.90 bits per heavy atom. The van der Waals surface area contributed by atoms with Gasteiger partial charge in [0, 0.05) is 25.4 Å². The highest BCUT2D eigenvalue weighted by atomic mass is 32.2. The van der Waals surface area contributed by atoms with Crippen molar-refractivity contribution >= 4 is 39.6 Å². The molecule has 3 fully saturated rings. The molecule has 12 nitrogen and oxygen atoms in total. The number of anilines is 1. The van der Waals surface area contributed by atoms with Crippen molar-refractivity contribution in [2.45, 2.75) is 80.7 Å². The lowest BCUT2D eigenvalue weighted by Crippen LogP contribution is -2.57. The first kappa shape index (κ1) is 28.5. The Morgan fingerprint density at radius 1 is 1.10 bits per heavy atom. The molecular formula is C29H37N5O7S. The second kappa shape index (κ2) is 11.2. The lowest BCUT2D eigenvalue weighted by atomic mass is 10.1. The van der Waals surface area contributed by atoms with Crippen molar-refractivity contribution in [3.63, 3.8) is 0 Å². The van der Waals surface area contributed by atoms with Crippen molar-refractivity contribution < 1.29 is 32.3 Å². The number of carbonyl (C=O) groups is 4. The first-order valence-corrected chi connectivity index (χ1v) is 16.4. The minimum Gasteiger partial charge on any atom is -0.444 e. The first-order chi connectivity index (χ1) is 20.2. The van der Waals surface area contributed by atoms with Crippen LogP contribution in [0.2, 0.25) is 0 Å². The van der Waals surface area contributed by atoms with Crippen LogP contribution < -0.4 is 20.3 Å². The van der Waals surface area contributed by atoms with Crippen LogP contribution in [0.1, 0.15) is 56.9 Å². The normalized spacial score (nSPS) is 30.4. The third-order valence-electron chi connectivity index (χ3n) is 8.86. The number of rotatable bonds is 4. The van der Waals surface area contributed by atoms with Crippen molar-refractivity contribution in [3.05, 3.63) is 42.0 Å². The summed E-state index contributed by atoms with van der Waals surface area (Å²) >= 11 is 0. The van der Waals surface area contributed by atoms with Gasteiger partial charge in [-0.2, -0.15) is 0 Å². The van der Waals surface area contributed by atoms with Crippen LogP contribution in [0.25, 0.3) is 0 Å². The van der Waals surface area contributed by atoms with Gasteiger partial charge in [0.15, 0.2) is 0 Å². The Balaban J connectivity index is 1.20. The van der Waals surface area contributed by atoms with E-state index in [1.54, 1.807) is 4.90 Å². The summed E-state index contributed by atoms with van der Waals surface area (Å²) < 4.78 is 33.1. The van der Waals surface area contributed by atoms with Crippen LogP contribution in [0.15, 0.2) is 36.4 Å². The van der Waals surface area contributed by atoms with Crippen molar-refractivity contribution in [2.24, 2.45) is 5.92 Å². The second-order valence-electron chi connectivity index (χ2n) is 11.9. The molecular weight excluding hydrogens is 562 g/mol. The number of urea groups is 1. The summed E-state index contributed by atoms with van der Waals surface area (Å²) in [5.41, 5.74) is 0.409. The van der Waals surface area contributed by atoms with Crippen LogP contribution >= 0.6 is 0 Å². The number of hydrogen-bond acceptors (Lipinski definition) is 7. The Labute approximate surface area is 245 Å². The fourth-order valence-electron chi connectivity index (χ4n) is 6.18. The summed E-state index contributed by atoms with van der Waals surface area (Å²) in [5, 5.41) is 5.10. The summed E-state index contributed by atoms with van der Waals surface area (Å²) in [6.45, 7) is 0.940. The summed E-state index contributed by atoms with van der Waals surface area (Å²) in [4.78, 5) is 56.4. The molecule has 1 saturated heterocycles. The van der Waals surface area contributed by atoms with Gasteiger partial charge in [-0.25, -0.2) is 18.0 Å². The number of fused-ring (bicyclic) bond motifs is 3. The van der Waals surface area contributed by atoms with Gasteiger partial charge >= 0.3 is 12.1 Å². The maximum Gasteiger partial charge on any atom is 0.414 e. The predicted octanol–water partition coefficient (Wildman–Crippen LogP) is 1.95. The summed E-state index contributed by atoms with van der Waals surface area (Å²) in [6.07, 6.45) is 7.92. The molecule has 5 aliphatic rings. The molecule has 2 aliphatic carbocycles. The maximum absolute atomic E-state index is 13.8. The number of ether oxygens (including phenoxy) is 1. The summed E-state index contributed by atoms with van der Waals surface area (Å²) in [5.74, 6) is -1.71. The van der Waals surface area contributed by atoms with Crippen molar-refractivity contribution in [1.82, 2.24) is 20.3 Å². The van der Waals surface area contributed by atoms with Crippen LogP contribution in [0, 0.1) is 5.92 Å². The number of sulfonamides is 1. The zero-order valence-corrected chi connectivity index (χ0v) is 24.2. The molecule has 1 aromatic carbocycles. The number of benzene rings is 1. The van der Waals surface area contributed by atoms with Gasteiger partial charge in [0.25, 0.3) is 5.91 Å². The van der Waals surface area contributed by atoms with E-state index in [1.165, 1.54) is 4.90 Å². The second-order valence-corrected chi connectivity index (χ2v) is 13.9.